The number of hydrogen-bond acceptors (Lipinski definition) is 1. The minimum absolute atomic E-state index is 0.171. The molecule has 2 aliphatic rings. The van der Waals surface area contributed by atoms with Crippen LogP contribution in [0.25, 0.3) is 11.1 Å². The molecule has 0 bridgehead atoms. The smallest absolute Gasteiger partial charge is 0.110 e. The third kappa shape index (κ3) is 4.45. The van der Waals surface area contributed by atoms with Crippen molar-refractivity contribution in [2.75, 3.05) is 0 Å². The Morgan fingerprint density at radius 3 is 1.36 bits per heavy atom. The second-order valence-corrected chi connectivity index (χ2v) is 11.8. The van der Waals surface area contributed by atoms with Crippen molar-refractivity contribution in [2.24, 2.45) is 0 Å². The van der Waals surface area contributed by atoms with Crippen LogP contribution in [0.15, 0.2) is 24.3 Å². The molecule has 1 aromatic heterocycles. The van der Waals surface area contributed by atoms with Crippen LogP contribution in [0.1, 0.15) is 78.0 Å². The van der Waals surface area contributed by atoms with Crippen LogP contribution in [0.4, 0.5) is 0 Å². The van der Waals surface area contributed by atoms with E-state index in [2.05, 4.69) is 90.3 Å². The fraction of sp³-hybridized carbons (Fsp3) is 0.636. The van der Waals surface area contributed by atoms with Gasteiger partial charge < -0.3 is 10.6 Å². The van der Waals surface area contributed by atoms with Crippen LogP contribution in [0.2, 0.25) is 0 Å². The third-order valence-corrected chi connectivity index (χ3v) is 6.39. The largest absolute Gasteiger partial charge is 0.334 e. The Morgan fingerprint density at radius 2 is 1.04 bits per heavy atom. The van der Waals surface area contributed by atoms with Crippen molar-refractivity contribution in [3.05, 3.63) is 34.0 Å². The summed E-state index contributed by atoms with van der Waals surface area (Å²) in [6, 6.07) is 4.70. The van der Waals surface area contributed by atoms with Crippen molar-refractivity contribution in [1.82, 2.24) is 0 Å². The molecule has 0 unspecified atom stereocenters. The maximum atomic E-state index is 2.50. The Hall–Kier alpha value is -0.900. The lowest BCUT2D eigenvalue weighted by atomic mass is 9.83. The van der Waals surface area contributed by atoms with Crippen molar-refractivity contribution in [3.63, 3.8) is 0 Å². The van der Waals surface area contributed by atoms with Gasteiger partial charge in [0.1, 0.15) is 11.1 Å². The molecule has 0 spiro atoms. The monoisotopic (exact) mass is 360 g/mol. The van der Waals surface area contributed by atoms with Gasteiger partial charge in [-0.05, 0) is 90.8 Å². The number of nitrogens with two attached hydrogens (primary N) is 2. The van der Waals surface area contributed by atoms with E-state index in [1.807, 2.05) is 11.3 Å². The zero-order chi connectivity index (χ0) is 18.7. The summed E-state index contributed by atoms with van der Waals surface area (Å²) in [5.74, 6) is 0. The van der Waals surface area contributed by atoms with Gasteiger partial charge in [-0.25, -0.2) is 0 Å². The van der Waals surface area contributed by atoms with E-state index in [9.17, 15) is 0 Å². The summed E-state index contributed by atoms with van der Waals surface area (Å²) in [6.07, 6.45) is 7.23. The van der Waals surface area contributed by atoms with Crippen LogP contribution in [0.5, 0.6) is 0 Å². The lowest BCUT2D eigenvalue weighted by Gasteiger charge is -2.37. The predicted molar refractivity (Wildman–Crippen MR) is 110 cm³/mol. The quantitative estimate of drug-likeness (QED) is 0.808. The molecule has 3 rings (SSSR count). The van der Waals surface area contributed by atoms with Crippen LogP contribution in [0, 0.1) is 0 Å². The van der Waals surface area contributed by atoms with E-state index in [1.165, 1.54) is 20.9 Å². The molecule has 1 aromatic rings. The fourth-order valence-electron chi connectivity index (χ4n) is 5.18. The van der Waals surface area contributed by atoms with E-state index in [4.69, 9.17) is 0 Å². The highest BCUT2D eigenvalue weighted by Gasteiger charge is 2.38. The van der Waals surface area contributed by atoms with Gasteiger partial charge in [0.05, 0.1) is 11.1 Å². The minimum atomic E-state index is 0.171. The molecule has 138 valence electrons. The lowest BCUT2D eigenvalue weighted by Crippen LogP contribution is -3.04. The first-order chi connectivity index (χ1) is 11.3. The number of thiophene rings is 1. The Morgan fingerprint density at radius 1 is 0.680 bits per heavy atom. The molecule has 0 aromatic carbocycles. The summed E-state index contributed by atoms with van der Waals surface area (Å²) < 4.78 is 0. The molecule has 25 heavy (non-hydrogen) atoms. The summed E-state index contributed by atoms with van der Waals surface area (Å²) in [5, 5.41) is 5.01. The highest BCUT2D eigenvalue weighted by molar-refractivity contribution is 7.14. The molecule has 0 amide bonds. The number of quaternary nitrogens is 2. The first-order valence-corrected chi connectivity index (χ1v) is 10.4. The van der Waals surface area contributed by atoms with Gasteiger partial charge in [-0.15, -0.1) is 11.3 Å². The Labute approximate surface area is 157 Å². The van der Waals surface area contributed by atoms with Crippen LogP contribution < -0.4 is 10.6 Å². The molecule has 2 aliphatic heterocycles. The SMILES string of the molecule is CC1(C)C=C(c2ccc(C3=CC(C)(C)[NH2+]C(C)(C)C3)s2)CC(C)(C)[NH2+]1. The molecular formula is C22H36N2S+2. The van der Waals surface area contributed by atoms with E-state index in [-0.39, 0.29) is 22.2 Å². The second kappa shape index (κ2) is 5.80. The summed E-state index contributed by atoms with van der Waals surface area (Å²) in [6.45, 7) is 18.8. The zero-order valence-electron chi connectivity index (χ0n) is 17.3. The molecule has 0 aliphatic carbocycles. The first kappa shape index (κ1) is 18.9. The van der Waals surface area contributed by atoms with Gasteiger partial charge in [0.2, 0.25) is 0 Å². The molecule has 2 nitrogen and oxygen atoms in total. The average molecular weight is 361 g/mol. The molecule has 3 heteroatoms. The van der Waals surface area contributed by atoms with Crippen LogP contribution in [-0.4, -0.2) is 22.2 Å². The van der Waals surface area contributed by atoms with Gasteiger partial charge >= 0.3 is 0 Å². The van der Waals surface area contributed by atoms with Crippen LogP contribution in [-0.2, 0) is 0 Å². The van der Waals surface area contributed by atoms with Crippen molar-refractivity contribution < 1.29 is 10.6 Å². The Kier molecular flexibility index (Phi) is 4.38. The summed E-state index contributed by atoms with van der Waals surface area (Å²) in [4.78, 5) is 2.91. The van der Waals surface area contributed by atoms with E-state index in [0.717, 1.165) is 12.8 Å². The summed E-state index contributed by atoms with van der Waals surface area (Å²) >= 11 is 1.98. The van der Waals surface area contributed by atoms with E-state index < -0.39 is 0 Å². The number of hydrogen-bond donors (Lipinski definition) is 2. The predicted octanol–water partition coefficient (Wildman–Crippen LogP) is 3.56. The van der Waals surface area contributed by atoms with Gasteiger partial charge in [0, 0.05) is 22.6 Å². The standard InChI is InChI=1S/C22H34N2S/c1-19(2)11-15(12-20(3,4)23-19)17-9-10-18(25-17)16-13-21(5,6)24-22(7,8)14-16/h9-11,13,23-24H,12,14H2,1-8H3/p+2. The topological polar surface area (TPSA) is 33.2 Å². The van der Waals surface area contributed by atoms with Gasteiger partial charge in [-0.3, -0.25) is 0 Å². The third-order valence-electron chi connectivity index (χ3n) is 5.15. The summed E-state index contributed by atoms with van der Waals surface area (Å²) in [7, 11) is 0. The summed E-state index contributed by atoms with van der Waals surface area (Å²) in [5.41, 5.74) is 3.92. The second-order valence-electron chi connectivity index (χ2n) is 10.8. The molecular weight excluding hydrogens is 324 g/mol. The van der Waals surface area contributed by atoms with Crippen molar-refractivity contribution >= 4 is 22.5 Å². The zero-order valence-corrected chi connectivity index (χ0v) is 18.1. The lowest BCUT2D eigenvalue weighted by molar-refractivity contribution is -0.770. The van der Waals surface area contributed by atoms with E-state index in [0.29, 0.717) is 0 Å². The van der Waals surface area contributed by atoms with Gasteiger partial charge in [0.25, 0.3) is 0 Å². The van der Waals surface area contributed by atoms with Crippen molar-refractivity contribution in [3.8, 4) is 0 Å². The maximum absolute atomic E-state index is 2.50. The fourth-order valence-corrected chi connectivity index (χ4v) is 6.21. The molecule has 4 N–H and O–H groups in total. The average Bonchev–Trinajstić information content (AvgIpc) is 2.80. The minimum Gasteiger partial charge on any atom is -0.334 e. The van der Waals surface area contributed by atoms with Gasteiger partial charge in [-0.2, -0.15) is 0 Å². The highest BCUT2D eigenvalue weighted by atomic mass is 32.1. The normalized spacial score (nSPS) is 26.7. The van der Waals surface area contributed by atoms with Gasteiger partial charge in [0.15, 0.2) is 0 Å². The molecule has 0 radical (unpaired) electrons. The molecule has 0 saturated carbocycles. The number of rotatable bonds is 2. The highest BCUT2D eigenvalue weighted by Crippen LogP contribution is 2.38. The maximum Gasteiger partial charge on any atom is 0.110 e. The first-order valence-electron chi connectivity index (χ1n) is 9.54. The molecule has 0 saturated heterocycles. The van der Waals surface area contributed by atoms with Crippen molar-refractivity contribution in [2.45, 2.75) is 90.4 Å². The molecule has 0 fully saturated rings. The molecule has 3 heterocycles. The Bertz CT molecular complexity index is 668. The van der Waals surface area contributed by atoms with Crippen LogP contribution in [0.3, 0.4) is 0 Å². The van der Waals surface area contributed by atoms with Gasteiger partial charge in [-0.1, -0.05) is 0 Å². The van der Waals surface area contributed by atoms with E-state index >= 15 is 0 Å². The molecule has 0 atom stereocenters. The van der Waals surface area contributed by atoms with Crippen molar-refractivity contribution in [1.29, 1.82) is 0 Å². The Balaban J connectivity index is 1.93. The van der Waals surface area contributed by atoms with E-state index in [1.54, 1.807) is 0 Å². The van der Waals surface area contributed by atoms with Crippen LogP contribution >= 0.6 is 11.3 Å².